The lowest BCUT2D eigenvalue weighted by Gasteiger charge is -2.12. The summed E-state index contributed by atoms with van der Waals surface area (Å²) in [6.45, 7) is 2.99. The lowest BCUT2D eigenvalue weighted by Crippen LogP contribution is -2.07. The number of nitrogens with zero attached hydrogens (tertiary/aromatic N) is 1. The van der Waals surface area contributed by atoms with Gasteiger partial charge in [0.05, 0.1) is 0 Å². The minimum atomic E-state index is 0.892. The molecule has 0 atom stereocenters. The molecule has 1 aliphatic rings. The molecular formula is C9H10N2. The molecule has 0 bridgehead atoms. The zero-order chi connectivity index (χ0) is 7.68. The summed E-state index contributed by atoms with van der Waals surface area (Å²) < 4.78 is 0. The Morgan fingerprint density at radius 3 is 3.27 bits per heavy atom. The quantitative estimate of drug-likeness (QED) is 0.604. The van der Waals surface area contributed by atoms with Gasteiger partial charge in [-0.15, -0.1) is 0 Å². The van der Waals surface area contributed by atoms with Gasteiger partial charge in [-0.05, 0) is 18.6 Å². The van der Waals surface area contributed by atoms with Crippen LogP contribution in [0.2, 0.25) is 0 Å². The molecule has 0 amide bonds. The fourth-order valence-corrected chi connectivity index (χ4v) is 1.25. The Kier molecular flexibility index (Phi) is 1.39. The molecule has 1 N–H and O–H groups in total. The van der Waals surface area contributed by atoms with Crippen LogP contribution < -0.4 is 5.32 Å². The highest BCUT2D eigenvalue weighted by atomic mass is 15.0. The van der Waals surface area contributed by atoms with E-state index in [-0.39, 0.29) is 0 Å². The number of rotatable bonds is 0. The molecule has 0 fully saturated rings. The third-order valence-electron chi connectivity index (χ3n) is 1.88. The lowest BCUT2D eigenvalue weighted by atomic mass is 10.1. The van der Waals surface area contributed by atoms with Gasteiger partial charge in [0.25, 0.3) is 0 Å². The zero-order valence-corrected chi connectivity index (χ0v) is 6.46. The van der Waals surface area contributed by atoms with Crippen LogP contribution in [0.25, 0.3) is 6.08 Å². The third kappa shape index (κ3) is 1.00. The number of pyridine rings is 1. The van der Waals surface area contributed by atoms with Crippen LogP contribution in [0.1, 0.15) is 11.1 Å². The number of aromatic nitrogens is 1. The fraction of sp³-hybridized carbons (Fsp3) is 0.222. The predicted molar refractivity (Wildman–Crippen MR) is 46.5 cm³/mol. The summed E-state index contributed by atoms with van der Waals surface area (Å²) in [6, 6.07) is 2.02. The molecule has 2 heterocycles. The second-order valence-corrected chi connectivity index (χ2v) is 2.67. The van der Waals surface area contributed by atoms with Gasteiger partial charge in [-0.2, -0.15) is 0 Å². The minimum absolute atomic E-state index is 0.892. The van der Waals surface area contributed by atoms with E-state index < -0.39 is 0 Å². The van der Waals surface area contributed by atoms with Crippen molar-refractivity contribution in [3.63, 3.8) is 0 Å². The molecule has 0 aliphatic carbocycles. The van der Waals surface area contributed by atoms with Gasteiger partial charge in [-0.25, -0.2) is 4.98 Å². The number of hydrogen-bond donors (Lipinski definition) is 1. The summed E-state index contributed by atoms with van der Waals surface area (Å²) in [5, 5.41) is 3.21. The smallest absolute Gasteiger partial charge is 0.133 e. The molecule has 0 saturated heterocycles. The fourth-order valence-electron chi connectivity index (χ4n) is 1.25. The molecule has 0 unspecified atom stereocenters. The Morgan fingerprint density at radius 2 is 2.45 bits per heavy atom. The second-order valence-electron chi connectivity index (χ2n) is 2.67. The van der Waals surface area contributed by atoms with Crippen LogP contribution in [0.3, 0.4) is 0 Å². The van der Waals surface area contributed by atoms with Gasteiger partial charge < -0.3 is 5.32 Å². The summed E-state index contributed by atoms with van der Waals surface area (Å²) in [5.74, 6) is 1.01. The minimum Gasteiger partial charge on any atom is -0.366 e. The maximum absolute atomic E-state index is 4.22. The average molecular weight is 146 g/mol. The molecule has 0 saturated carbocycles. The van der Waals surface area contributed by atoms with Gasteiger partial charge in [0.2, 0.25) is 0 Å². The van der Waals surface area contributed by atoms with Crippen molar-refractivity contribution in [3.8, 4) is 0 Å². The van der Waals surface area contributed by atoms with E-state index in [1.54, 1.807) is 0 Å². The van der Waals surface area contributed by atoms with E-state index in [0.717, 1.165) is 12.4 Å². The van der Waals surface area contributed by atoms with Crippen molar-refractivity contribution in [1.29, 1.82) is 0 Å². The third-order valence-corrected chi connectivity index (χ3v) is 1.88. The summed E-state index contributed by atoms with van der Waals surface area (Å²) in [4.78, 5) is 4.22. The first-order chi connectivity index (χ1) is 5.38. The van der Waals surface area contributed by atoms with Gasteiger partial charge in [-0.3, -0.25) is 0 Å². The van der Waals surface area contributed by atoms with E-state index in [0.29, 0.717) is 0 Å². The van der Waals surface area contributed by atoms with Crippen molar-refractivity contribution < 1.29 is 0 Å². The summed E-state index contributed by atoms with van der Waals surface area (Å²) in [5.41, 5.74) is 2.50. The first kappa shape index (κ1) is 6.40. The molecule has 2 rings (SSSR count). The van der Waals surface area contributed by atoms with Crippen LogP contribution in [0.5, 0.6) is 0 Å². The van der Waals surface area contributed by atoms with E-state index in [4.69, 9.17) is 0 Å². The van der Waals surface area contributed by atoms with Gasteiger partial charge in [0.15, 0.2) is 0 Å². The Hall–Kier alpha value is -1.31. The predicted octanol–water partition coefficient (Wildman–Crippen LogP) is 1.83. The van der Waals surface area contributed by atoms with Gasteiger partial charge in [0, 0.05) is 18.3 Å². The van der Waals surface area contributed by atoms with E-state index in [1.807, 2.05) is 12.3 Å². The number of hydrogen-bond acceptors (Lipinski definition) is 2. The Morgan fingerprint density at radius 1 is 1.55 bits per heavy atom. The van der Waals surface area contributed by atoms with Crippen molar-refractivity contribution in [2.45, 2.75) is 6.92 Å². The van der Waals surface area contributed by atoms with Crippen molar-refractivity contribution in [3.05, 3.63) is 29.5 Å². The highest BCUT2D eigenvalue weighted by Gasteiger charge is 2.05. The van der Waals surface area contributed by atoms with Gasteiger partial charge >= 0.3 is 0 Å². The lowest BCUT2D eigenvalue weighted by molar-refractivity contribution is 1.18. The van der Waals surface area contributed by atoms with Crippen molar-refractivity contribution in [2.24, 2.45) is 0 Å². The largest absolute Gasteiger partial charge is 0.366 e. The maximum Gasteiger partial charge on any atom is 0.133 e. The Labute approximate surface area is 66.0 Å². The van der Waals surface area contributed by atoms with E-state index in [1.165, 1.54) is 11.1 Å². The van der Waals surface area contributed by atoms with Crippen LogP contribution in [0.15, 0.2) is 18.3 Å². The van der Waals surface area contributed by atoms with E-state index >= 15 is 0 Å². The molecule has 1 aromatic heterocycles. The number of aryl methyl sites for hydroxylation is 1. The molecule has 1 aliphatic heterocycles. The number of nitrogens with one attached hydrogen (secondary N) is 1. The average Bonchev–Trinajstić information content (AvgIpc) is 2.06. The molecule has 0 spiro atoms. The van der Waals surface area contributed by atoms with E-state index in [2.05, 4.69) is 29.4 Å². The summed E-state index contributed by atoms with van der Waals surface area (Å²) >= 11 is 0. The van der Waals surface area contributed by atoms with Crippen molar-refractivity contribution >= 4 is 11.9 Å². The van der Waals surface area contributed by atoms with Gasteiger partial charge in [0.1, 0.15) is 5.82 Å². The zero-order valence-electron chi connectivity index (χ0n) is 6.46. The number of fused-ring (bicyclic) bond motifs is 1. The summed E-state index contributed by atoms with van der Waals surface area (Å²) in [6.07, 6.45) is 6.06. The van der Waals surface area contributed by atoms with Crippen LogP contribution in [0.4, 0.5) is 5.82 Å². The Bertz CT molecular complexity index is 302. The molecule has 56 valence electrons. The standard InChI is InChI=1S/C9H10N2/c1-7-4-6-11-9-8(7)3-2-5-10-9/h2-4,6H,5H2,1H3,(H,10,11). The number of anilines is 1. The first-order valence-electron chi connectivity index (χ1n) is 3.74. The van der Waals surface area contributed by atoms with Crippen LogP contribution in [0, 0.1) is 6.92 Å². The normalized spacial score (nSPS) is 13.9. The van der Waals surface area contributed by atoms with E-state index in [9.17, 15) is 0 Å². The second kappa shape index (κ2) is 2.38. The van der Waals surface area contributed by atoms with Gasteiger partial charge in [-0.1, -0.05) is 12.2 Å². The first-order valence-corrected chi connectivity index (χ1v) is 3.74. The molecule has 2 heteroatoms. The molecule has 2 nitrogen and oxygen atoms in total. The molecule has 0 aromatic carbocycles. The van der Waals surface area contributed by atoms with Crippen LogP contribution >= 0.6 is 0 Å². The monoisotopic (exact) mass is 146 g/mol. The van der Waals surface area contributed by atoms with Crippen molar-refractivity contribution in [1.82, 2.24) is 4.98 Å². The summed E-state index contributed by atoms with van der Waals surface area (Å²) in [7, 11) is 0. The highest BCUT2D eigenvalue weighted by Crippen LogP contribution is 2.20. The topological polar surface area (TPSA) is 24.9 Å². The Balaban J connectivity index is 2.60. The van der Waals surface area contributed by atoms with Crippen LogP contribution in [-0.2, 0) is 0 Å². The highest BCUT2D eigenvalue weighted by molar-refractivity contribution is 5.68. The maximum atomic E-state index is 4.22. The van der Waals surface area contributed by atoms with Crippen LogP contribution in [-0.4, -0.2) is 11.5 Å². The molecule has 0 radical (unpaired) electrons. The van der Waals surface area contributed by atoms with Crippen molar-refractivity contribution in [2.75, 3.05) is 11.9 Å². The molecular weight excluding hydrogens is 136 g/mol. The molecule has 11 heavy (non-hydrogen) atoms. The SMILES string of the molecule is Cc1ccnc2c1C=CCN2. The molecule has 1 aromatic rings.